The predicted octanol–water partition coefficient (Wildman–Crippen LogP) is 4.17. The molecule has 2 heterocycles. The lowest BCUT2D eigenvalue weighted by molar-refractivity contribution is 0.0530. The van der Waals surface area contributed by atoms with Crippen LogP contribution in [-0.4, -0.2) is 48.7 Å². The summed E-state index contributed by atoms with van der Waals surface area (Å²) in [4.78, 5) is 19.7. The molecular weight excluding hydrogens is 372 g/mol. The molecule has 0 saturated carbocycles. The molecule has 0 spiro atoms. The summed E-state index contributed by atoms with van der Waals surface area (Å²) in [7, 11) is 1.66. The average Bonchev–Trinajstić information content (AvgIpc) is 3.42. The third-order valence-electron chi connectivity index (χ3n) is 5.15. The number of carbonyl (C=O) groups excluding carboxylic acids is 1. The van der Waals surface area contributed by atoms with E-state index in [1.54, 1.807) is 12.6 Å². The van der Waals surface area contributed by atoms with Crippen LogP contribution >= 0.6 is 11.3 Å². The molecule has 1 aromatic heterocycles. The van der Waals surface area contributed by atoms with Gasteiger partial charge in [-0.25, -0.2) is 4.98 Å². The van der Waals surface area contributed by atoms with Crippen molar-refractivity contribution < 1.29 is 14.3 Å². The fraction of sp³-hybridized carbons (Fsp3) is 0.364. The molecule has 1 amide bonds. The summed E-state index contributed by atoms with van der Waals surface area (Å²) in [6, 6.07) is 13.8. The summed E-state index contributed by atoms with van der Waals surface area (Å²) >= 11 is 1.52. The fourth-order valence-corrected chi connectivity index (χ4v) is 4.39. The molecule has 0 bridgehead atoms. The minimum atomic E-state index is 0.0545. The number of nitrogens with zero attached hydrogens (tertiary/aromatic N) is 2. The Labute approximate surface area is 168 Å². The van der Waals surface area contributed by atoms with Gasteiger partial charge in [-0.1, -0.05) is 18.2 Å². The van der Waals surface area contributed by atoms with Crippen LogP contribution in [0.1, 0.15) is 28.8 Å². The second-order valence-electron chi connectivity index (χ2n) is 6.99. The van der Waals surface area contributed by atoms with Crippen LogP contribution in [0.2, 0.25) is 0 Å². The van der Waals surface area contributed by atoms with E-state index in [4.69, 9.17) is 9.47 Å². The Hall–Kier alpha value is -2.44. The fourth-order valence-electron chi connectivity index (χ4n) is 3.59. The predicted molar refractivity (Wildman–Crippen MR) is 111 cm³/mol. The summed E-state index contributed by atoms with van der Waals surface area (Å²) in [5.41, 5.74) is 4.58. The van der Waals surface area contributed by atoms with E-state index in [1.165, 1.54) is 16.9 Å². The first-order valence-corrected chi connectivity index (χ1v) is 10.5. The Kier molecular flexibility index (Phi) is 5.88. The molecule has 2 aromatic carbocycles. The van der Waals surface area contributed by atoms with Crippen LogP contribution < -0.4 is 4.74 Å². The number of thiazole rings is 1. The largest absolute Gasteiger partial charge is 0.497 e. The van der Waals surface area contributed by atoms with Crippen molar-refractivity contribution >= 4 is 27.5 Å². The Morgan fingerprint density at radius 3 is 2.89 bits per heavy atom. The monoisotopic (exact) mass is 396 g/mol. The first-order valence-electron chi connectivity index (χ1n) is 9.60. The highest BCUT2D eigenvalue weighted by Gasteiger charge is 2.24. The van der Waals surface area contributed by atoms with Crippen molar-refractivity contribution in [3.8, 4) is 5.75 Å². The van der Waals surface area contributed by atoms with Crippen LogP contribution in [-0.2, 0) is 11.2 Å². The first-order chi connectivity index (χ1) is 13.7. The van der Waals surface area contributed by atoms with E-state index in [-0.39, 0.29) is 12.0 Å². The van der Waals surface area contributed by atoms with Crippen LogP contribution in [0, 0.1) is 0 Å². The lowest BCUT2D eigenvalue weighted by atomic mass is 10.1. The highest BCUT2D eigenvalue weighted by Crippen LogP contribution is 2.24. The molecule has 3 aromatic rings. The summed E-state index contributed by atoms with van der Waals surface area (Å²) in [6.07, 6.45) is 2.99. The van der Waals surface area contributed by atoms with Gasteiger partial charge in [-0.2, -0.15) is 0 Å². The zero-order chi connectivity index (χ0) is 19.3. The molecule has 1 aliphatic rings. The van der Waals surface area contributed by atoms with Crippen LogP contribution in [0.3, 0.4) is 0 Å². The van der Waals surface area contributed by atoms with E-state index in [2.05, 4.69) is 17.1 Å². The van der Waals surface area contributed by atoms with Crippen molar-refractivity contribution in [3.63, 3.8) is 0 Å². The van der Waals surface area contributed by atoms with E-state index in [0.29, 0.717) is 13.1 Å². The SMILES string of the molecule is COc1ccc(CCN(CC2CCCO2)C(=O)c2cccc3ncsc23)cc1. The van der Waals surface area contributed by atoms with E-state index in [9.17, 15) is 4.79 Å². The molecule has 6 heteroatoms. The van der Waals surface area contributed by atoms with Gasteiger partial charge < -0.3 is 14.4 Å². The number of carbonyl (C=O) groups is 1. The Bertz CT molecular complexity index is 932. The van der Waals surface area contributed by atoms with E-state index >= 15 is 0 Å². The van der Waals surface area contributed by atoms with Crippen molar-refractivity contribution in [1.29, 1.82) is 0 Å². The molecular formula is C22H24N2O3S. The van der Waals surface area contributed by atoms with Crippen molar-refractivity contribution in [2.24, 2.45) is 0 Å². The molecule has 5 nitrogen and oxygen atoms in total. The van der Waals surface area contributed by atoms with Gasteiger partial charge in [0, 0.05) is 19.7 Å². The third kappa shape index (κ3) is 4.18. The highest BCUT2D eigenvalue weighted by atomic mass is 32.1. The standard InChI is InChI=1S/C22H24N2O3S/c1-26-17-9-7-16(8-10-17)11-12-24(14-18-4-3-13-27-18)22(25)19-5-2-6-20-21(19)28-15-23-20/h2,5-10,15,18H,3-4,11-14H2,1H3. The number of aromatic nitrogens is 1. The Balaban J connectivity index is 1.53. The van der Waals surface area contributed by atoms with Gasteiger partial charge in [0.25, 0.3) is 5.91 Å². The van der Waals surface area contributed by atoms with Crippen molar-refractivity contribution in [3.05, 3.63) is 59.1 Å². The molecule has 4 rings (SSSR count). The minimum Gasteiger partial charge on any atom is -0.497 e. The van der Waals surface area contributed by atoms with Gasteiger partial charge >= 0.3 is 0 Å². The van der Waals surface area contributed by atoms with Gasteiger partial charge in [0.15, 0.2) is 0 Å². The van der Waals surface area contributed by atoms with Crippen LogP contribution in [0.4, 0.5) is 0 Å². The van der Waals surface area contributed by atoms with E-state index in [0.717, 1.165) is 47.4 Å². The molecule has 1 saturated heterocycles. The number of ether oxygens (including phenoxy) is 2. The molecule has 1 unspecified atom stereocenters. The van der Waals surface area contributed by atoms with Crippen molar-refractivity contribution in [2.45, 2.75) is 25.4 Å². The van der Waals surface area contributed by atoms with Crippen molar-refractivity contribution in [1.82, 2.24) is 9.88 Å². The zero-order valence-corrected chi connectivity index (χ0v) is 16.8. The third-order valence-corrected chi connectivity index (χ3v) is 6.03. The van der Waals surface area contributed by atoms with E-state index < -0.39 is 0 Å². The molecule has 1 fully saturated rings. The topological polar surface area (TPSA) is 51.7 Å². The lowest BCUT2D eigenvalue weighted by Gasteiger charge is -2.26. The van der Waals surface area contributed by atoms with Gasteiger partial charge in [0.05, 0.1) is 34.5 Å². The average molecular weight is 397 g/mol. The van der Waals surface area contributed by atoms with Gasteiger partial charge in [-0.05, 0) is 49.1 Å². The maximum absolute atomic E-state index is 13.4. The minimum absolute atomic E-state index is 0.0545. The maximum atomic E-state index is 13.4. The molecule has 0 aliphatic carbocycles. The van der Waals surface area contributed by atoms with Crippen LogP contribution in [0.5, 0.6) is 5.75 Å². The molecule has 1 aliphatic heterocycles. The summed E-state index contributed by atoms with van der Waals surface area (Å²) in [6.45, 7) is 2.07. The molecule has 0 radical (unpaired) electrons. The van der Waals surface area contributed by atoms with E-state index in [1.807, 2.05) is 35.2 Å². The summed E-state index contributed by atoms with van der Waals surface area (Å²) in [5, 5.41) is 0. The zero-order valence-electron chi connectivity index (χ0n) is 16.0. The van der Waals surface area contributed by atoms with Gasteiger partial charge in [-0.15, -0.1) is 11.3 Å². The van der Waals surface area contributed by atoms with Crippen LogP contribution in [0.15, 0.2) is 48.0 Å². The van der Waals surface area contributed by atoms with Gasteiger partial charge in [0.1, 0.15) is 5.75 Å². The molecule has 146 valence electrons. The lowest BCUT2D eigenvalue weighted by Crippen LogP contribution is -2.38. The quantitative estimate of drug-likeness (QED) is 0.601. The second-order valence-corrected chi connectivity index (χ2v) is 7.85. The van der Waals surface area contributed by atoms with Crippen molar-refractivity contribution in [2.75, 3.05) is 26.8 Å². The maximum Gasteiger partial charge on any atom is 0.255 e. The summed E-state index contributed by atoms with van der Waals surface area (Å²) < 4.78 is 12.0. The Morgan fingerprint density at radius 2 is 2.14 bits per heavy atom. The number of benzene rings is 2. The number of hydrogen-bond acceptors (Lipinski definition) is 5. The second kappa shape index (κ2) is 8.71. The normalized spacial score (nSPS) is 16.4. The first kappa shape index (κ1) is 18.9. The van der Waals surface area contributed by atoms with Crippen LogP contribution in [0.25, 0.3) is 10.2 Å². The Morgan fingerprint density at radius 1 is 1.29 bits per heavy atom. The number of amides is 1. The van der Waals surface area contributed by atoms with Gasteiger partial charge in [0.2, 0.25) is 0 Å². The molecule has 0 N–H and O–H groups in total. The summed E-state index contributed by atoms with van der Waals surface area (Å²) in [5.74, 6) is 0.895. The molecule has 28 heavy (non-hydrogen) atoms. The van der Waals surface area contributed by atoms with Gasteiger partial charge in [-0.3, -0.25) is 4.79 Å². The number of hydrogen-bond donors (Lipinski definition) is 0. The highest BCUT2D eigenvalue weighted by molar-refractivity contribution is 7.17. The smallest absolute Gasteiger partial charge is 0.255 e. The number of methoxy groups -OCH3 is 1. The molecule has 1 atom stereocenters. The number of fused-ring (bicyclic) bond motifs is 1. The number of rotatable bonds is 7.